The summed E-state index contributed by atoms with van der Waals surface area (Å²) in [6.45, 7) is 1.99. The number of hydrogen-bond donors (Lipinski definition) is 0. The van der Waals surface area contributed by atoms with Gasteiger partial charge in [0.2, 0.25) is 11.8 Å². The van der Waals surface area contributed by atoms with Crippen molar-refractivity contribution in [3.05, 3.63) is 53.8 Å². The van der Waals surface area contributed by atoms with Crippen LogP contribution in [-0.4, -0.2) is 46.5 Å². The molecular formula is C23H22FN3O4S. The van der Waals surface area contributed by atoms with Gasteiger partial charge < -0.3 is 18.8 Å². The largest absolute Gasteiger partial charge is 0.490 e. The van der Waals surface area contributed by atoms with Crippen LogP contribution in [-0.2, 0) is 4.79 Å². The third-order valence-electron chi connectivity index (χ3n) is 5.55. The van der Waals surface area contributed by atoms with Crippen LogP contribution in [0.25, 0.3) is 11.5 Å². The Morgan fingerprint density at radius 2 is 1.88 bits per heavy atom. The van der Waals surface area contributed by atoms with Crippen LogP contribution in [0.5, 0.6) is 11.5 Å². The van der Waals surface area contributed by atoms with Gasteiger partial charge >= 0.3 is 0 Å². The summed E-state index contributed by atoms with van der Waals surface area (Å²) in [5.74, 6) is 1.69. The monoisotopic (exact) mass is 455 g/mol. The summed E-state index contributed by atoms with van der Waals surface area (Å²) in [5, 5.41) is 8.30. The number of carbonyl (C=O) groups excluding carboxylic acids is 1. The van der Waals surface area contributed by atoms with Crippen LogP contribution in [0.4, 0.5) is 4.39 Å². The smallest absolute Gasteiger partial charge is 0.277 e. The van der Waals surface area contributed by atoms with E-state index in [1.54, 1.807) is 12.1 Å². The van der Waals surface area contributed by atoms with Gasteiger partial charge in [-0.25, -0.2) is 4.39 Å². The molecule has 0 unspecified atom stereocenters. The number of carbonyl (C=O) groups is 1. The highest BCUT2D eigenvalue weighted by atomic mass is 32.2. The zero-order valence-corrected chi connectivity index (χ0v) is 18.1. The number of hydrogen-bond acceptors (Lipinski definition) is 7. The number of fused-ring (bicyclic) bond motifs is 1. The van der Waals surface area contributed by atoms with Crippen molar-refractivity contribution in [2.45, 2.75) is 30.5 Å². The lowest BCUT2D eigenvalue weighted by molar-refractivity contribution is -0.129. The summed E-state index contributed by atoms with van der Waals surface area (Å²) in [4.78, 5) is 14.9. The van der Waals surface area contributed by atoms with Gasteiger partial charge in [-0.2, -0.15) is 0 Å². The molecule has 1 atom stereocenters. The number of amides is 1. The van der Waals surface area contributed by atoms with E-state index in [4.69, 9.17) is 13.9 Å². The van der Waals surface area contributed by atoms with Gasteiger partial charge in [0.25, 0.3) is 5.22 Å². The van der Waals surface area contributed by atoms with Crippen molar-refractivity contribution in [1.82, 2.24) is 15.1 Å². The van der Waals surface area contributed by atoms with Crippen molar-refractivity contribution in [2.24, 2.45) is 0 Å². The number of ether oxygens (including phenoxy) is 2. The topological polar surface area (TPSA) is 77.7 Å². The van der Waals surface area contributed by atoms with Gasteiger partial charge in [-0.15, -0.1) is 10.2 Å². The lowest BCUT2D eigenvalue weighted by Gasteiger charge is -2.25. The molecule has 2 aliphatic rings. The molecule has 3 heterocycles. The minimum atomic E-state index is -0.331. The second-order valence-corrected chi connectivity index (χ2v) is 8.60. The van der Waals surface area contributed by atoms with Crippen molar-refractivity contribution in [2.75, 3.05) is 25.5 Å². The molecule has 1 amide bonds. The molecule has 9 heteroatoms. The second kappa shape index (κ2) is 9.20. The maximum absolute atomic E-state index is 13.1. The molecule has 0 N–H and O–H groups in total. The van der Waals surface area contributed by atoms with E-state index >= 15 is 0 Å². The lowest BCUT2D eigenvalue weighted by atomic mass is 10.0. The number of halogens is 1. The first-order valence-electron chi connectivity index (χ1n) is 10.6. The van der Waals surface area contributed by atoms with Crippen molar-refractivity contribution in [3.8, 4) is 23.0 Å². The Morgan fingerprint density at radius 3 is 2.72 bits per heavy atom. The summed E-state index contributed by atoms with van der Waals surface area (Å²) < 4.78 is 30.3. The third kappa shape index (κ3) is 4.43. The van der Waals surface area contributed by atoms with Crippen LogP contribution in [0.3, 0.4) is 0 Å². The van der Waals surface area contributed by atoms with E-state index in [1.165, 1.54) is 23.9 Å². The van der Waals surface area contributed by atoms with Gasteiger partial charge in [-0.1, -0.05) is 17.8 Å². The van der Waals surface area contributed by atoms with Crippen LogP contribution in [0, 0.1) is 5.82 Å². The Balaban J connectivity index is 1.24. The van der Waals surface area contributed by atoms with Crippen molar-refractivity contribution in [3.63, 3.8) is 0 Å². The van der Waals surface area contributed by atoms with E-state index in [-0.39, 0.29) is 23.5 Å². The molecule has 32 heavy (non-hydrogen) atoms. The molecule has 0 radical (unpaired) electrons. The summed E-state index contributed by atoms with van der Waals surface area (Å²) in [6, 6.07) is 11.8. The minimum absolute atomic E-state index is 0.0118. The van der Waals surface area contributed by atoms with Gasteiger partial charge in [0.1, 0.15) is 5.82 Å². The fourth-order valence-corrected chi connectivity index (χ4v) is 4.63. The van der Waals surface area contributed by atoms with Crippen LogP contribution in [0.15, 0.2) is 52.1 Å². The standard InChI is InChI=1S/C23H22FN3O4S/c24-17-7-4-15(5-8-17)22-25-26-23(31-22)32-14-21(28)27-10-1-3-18(27)16-6-9-19-20(13-16)30-12-2-11-29-19/h4-9,13,18H,1-3,10-12,14H2/t18-/m1/s1. The highest BCUT2D eigenvalue weighted by Gasteiger charge is 2.31. The SMILES string of the molecule is O=C(CSc1nnc(-c2ccc(F)cc2)o1)N1CCC[C@@H]1c1ccc2c(c1)OCCCO2. The molecule has 5 rings (SSSR count). The van der Waals surface area contributed by atoms with Crippen molar-refractivity contribution in [1.29, 1.82) is 0 Å². The van der Waals surface area contributed by atoms with E-state index in [2.05, 4.69) is 10.2 Å². The molecule has 166 valence electrons. The highest BCUT2D eigenvalue weighted by Crippen LogP contribution is 2.38. The number of likely N-dealkylation sites (tertiary alicyclic amines) is 1. The van der Waals surface area contributed by atoms with Crippen molar-refractivity contribution >= 4 is 17.7 Å². The van der Waals surface area contributed by atoms with Gasteiger partial charge in [0.05, 0.1) is 25.0 Å². The Morgan fingerprint density at radius 1 is 1.06 bits per heavy atom. The molecule has 1 saturated heterocycles. The molecular weight excluding hydrogens is 433 g/mol. The number of aromatic nitrogens is 2. The minimum Gasteiger partial charge on any atom is -0.490 e. The van der Waals surface area contributed by atoms with E-state index in [9.17, 15) is 9.18 Å². The first-order valence-corrected chi connectivity index (χ1v) is 11.6. The first-order chi connectivity index (χ1) is 15.7. The average molecular weight is 456 g/mol. The Kier molecular flexibility index (Phi) is 5.98. The molecule has 2 aromatic carbocycles. The van der Waals surface area contributed by atoms with Gasteiger partial charge in [0.15, 0.2) is 11.5 Å². The van der Waals surface area contributed by atoms with Crippen LogP contribution < -0.4 is 9.47 Å². The number of thioether (sulfide) groups is 1. The third-order valence-corrected chi connectivity index (χ3v) is 6.35. The van der Waals surface area contributed by atoms with Crippen LogP contribution in [0.1, 0.15) is 30.9 Å². The van der Waals surface area contributed by atoms with Crippen LogP contribution >= 0.6 is 11.8 Å². The molecule has 0 spiro atoms. The average Bonchev–Trinajstić information content (AvgIpc) is 3.43. The summed E-state index contributed by atoms with van der Waals surface area (Å²) in [6.07, 6.45) is 2.71. The van der Waals surface area contributed by atoms with E-state index in [0.29, 0.717) is 36.4 Å². The van der Waals surface area contributed by atoms with E-state index < -0.39 is 0 Å². The predicted molar refractivity (Wildman–Crippen MR) is 116 cm³/mol. The zero-order valence-electron chi connectivity index (χ0n) is 17.3. The van der Waals surface area contributed by atoms with Gasteiger partial charge in [-0.3, -0.25) is 4.79 Å². The second-order valence-electron chi connectivity index (χ2n) is 7.67. The molecule has 1 aromatic heterocycles. The quantitative estimate of drug-likeness (QED) is 0.525. The number of rotatable bonds is 5. The predicted octanol–water partition coefficient (Wildman–Crippen LogP) is 4.49. The zero-order chi connectivity index (χ0) is 21.9. The molecule has 2 aliphatic heterocycles. The molecule has 0 saturated carbocycles. The van der Waals surface area contributed by atoms with E-state index in [1.807, 2.05) is 23.1 Å². The maximum Gasteiger partial charge on any atom is 0.277 e. The Labute approximate surface area is 188 Å². The van der Waals surface area contributed by atoms with Crippen molar-refractivity contribution < 1.29 is 23.1 Å². The normalized spacial score (nSPS) is 17.9. The Bertz CT molecular complexity index is 1100. The van der Waals surface area contributed by atoms with Gasteiger partial charge in [0, 0.05) is 18.5 Å². The highest BCUT2D eigenvalue weighted by molar-refractivity contribution is 7.99. The Hall–Kier alpha value is -3.07. The fraction of sp³-hybridized carbons (Fsp3) is 0.348. The molecule has 0 aliphatic carbocycles. The maximum atomic E-state index is 13.1. The lowest BCUT2D eigenvalue weighted by Crippen LogP contribution is -2.32. The van der Waals surface area contributed by atoms with E-state index in [0.717, 1.165) is 36.3 Å². The summed E-state index contributed by atoms with van der Waals surface area (Å²) in [5.41, 5.74) is 1.69. The summed E-state index contributed by atoms with van der Waals surface area (Å²) in [7, 11) is 0. The molecule has 7 nitrogen and oxygen atoms in total. The van der Waals surface area contributed by atoms with Gasteiger partial charge in [-0.05, 0) is 54.8 Å². The first kappa shape index (κ1) is 20.8. The van der Waals surface area contributed by atoms with Crippen LogP contribution in [0.2, 0.25) is 0 Å². The fourth-order valence-electron chi connectivity index (χ4n) is 3.98. The molecule has 0 bridgehead atoms. The number of nitrogens with zero attached hydrogens (tertiary/aromatic N) is 3. The summed E-state index contributed by atoms with van der Waals surface area (Å²) >= 11 is 1.21. The number of benzene rings is 2. The molecule has 3 aromatic rings. The molecule has 1 fully saturated rings.